The molecule has 0 spiro atoms. The minimum absolute atomic E-state index is 0.372. The number of rotatable bonds is 2. The number of methoxy groups -OCH3 is 1. The molecular formula is C9H8N2O2S2. The van der Waals surface area contributed by atoms with Gasteiger partial charge in [-0.05, 0) is 12.3 Å². The van der Waals surface area contributed by atoms with Gasteiger partial charge in [0, 0.05) is 6.20 Å². The first kappa shape index (κ1) is 10.4. The van der Waals surface area contributed by atoms with Crippen LogP contribution in [0.2, 0.25) is 0 Å². The molecular weight excluding hydrogens is 232 g/mol. The average molecular weight is 240 g/mol. The molecule has 0 saturated heterocycles. The van der Waals surface area contributed by atoms with Gasteiger partial charge in [0.1, 0.15) is 0 Å². The molecule has 2 aromatic heterocycles. The molecule has 0 fully saturated rings. The zero-order valence-electron chi connectivity index (χ0n) is 8.18. The fraction of sp³-hybridized carbons (Fsp3) is 0.222. The number of thiazole rings is 1. The highest BCUT2D eigenvalue weighted by Crippen LogP contribution is 2.27. The summed E-state index contributed by atoms with van der Waals surface area (Å²) in [5, 5.41) is 0. The van der Waals surface area contributed by atoms with Gasteiger partial charge in [-0.1, -0.05) is 11.8 Å². The van der Waals surface area contributed by atoms with E-state index in [1.165, 1.54) is 24.6 Å². The van der Waals surface area contributed by atoms with Gasteiger partial charge in [0.25, 0.3) is 0 Å². The number of aromatic nitrogens is 2. The zero-order chi connectivity index (χ0) is 10.8. The van der Waals surface area contributed by atoms with Crippen molar-refractivity contribution in [3.63, 3.8) is 0 Å². The molecule has 0 atom stereocenters. The fourth-order valence-corrected chi connectivity index (χ4v) is 2.59. The largest absolute Gasteiger partial charge is 0.465 e. The van der Waals surface area contributed by atoms with Crippen molar-refractivity contribution in [1.29, 1.82) is 0 Å². The quantitative estimate of drug-likeness (QED) is 0.595. The lowest BCUT2D eigenvalue weighted by molar-refractivity contribution is 0.0600. The van der Waals surface area contributed by atoms with E-state index in [1.807, 2.05) is 6.26 Å². The number of ether oxygens (including phenoxy) is 1. The molecule has 0 aliphatic rings. The van der Waals surface area contributed by atoms with Crippen LogP contribution in [-0.2, 0) is 4.74 Å². The molecule has 0 radical (unpaired) electrons. The minimum atomic E-state index is -0.372. The number of nitrogens with zero attached hydrogens (tertiary/aromatic N) is 2. The highest BCUT2D eigenvalue weighted by Gasteiger charge is 2.09. The minimum Gasteiger partial charge on any atom is -0.465 e. The lowest BCUT2D eigenvalue weighted by Crippen LogP contribution is -2.01. The summed E-state index contributed by atoms with van der Waals surface area (Å²) in [5.74, 6) is -0.372. The Labute approximate surface area is 94.7 Å². The first-order valence-electron chi connectivity index (χ1n) is 4.13. The molecule has 0 aliphatic heterocycles. The third-order valence-corrected chi connectivity index (χ3v) is 3.80. The standard InChI is InChI=1S/C9H8N2O2S2/c1-13-8(12)5-3-6-7(10-4-5)11-9(14-2)15-6/h3-4H,1-2H3. The van der Waals surface area contributed by atoms with Gasteiger partial charge in [0.15, 0.2) is 9.99 Å². The van der Waals surface area contributed by atoms with Crippen molar-refractivity contribution in [3.8, 4) is 0 Å². The molecule has 0 unspecified atom stereocenters. The van der Waals surface area contributed by atoms with Crippen LogP contribution in [0.15, 0.2) is 16.6 Å². The van der Waals surface area contributed by atoms with Gasteiger partial charge in [-0.3, -0.25) is 0 Å². The van der Waals surface area contributed by atoms with Crippen molar-refractivity contribution in [2.45, 2.75) is 4.34 Å². The predicted molar refractivity (Wildman–Crippen MR) is 60.5 cm³/mol. The van der Waals surface area contributed by atoms with Gasteiger partial charge in [-0.2, -0.15) is 0 Å². The molecule has 2 rings (SSSR count). The van der Waals surface area contributed by atoms with Gasteiger partial charge in [0.05, 0.1) is 17.4 Å². The van der Waals surface area contributed by atoms with E-state index >= 15 is 0 Å². The van der Waals surface area contributed by atoms with Crippen molar-refractivity contribution in [1.82, 2.24) is 9.97 Å². The number of fused-ring (bicyclic) bond motifs is 1. The van der Waals surface area contributed by atoms with Crippen LogP contribution in [0, 0.1) is 0 Å². The van der Waals surface area contributed by atoms with Crippen molar-refractivity contribution in [3.05, 3.63) is 17.8 Å². The third kappa shape index (κ3) is 1.95. The van der Waals surface area contributed by atoms with Crippen molar-refractivity contribution < 1.29 is 9.53 Å². The lowest BCUT2D eigenvalue weighted by Gasteiger charge is -1.96. The third-order valence-electron chi connectivity index (χ3n) is 1.82. The van der Waals surface area contributed by atoms with Crippen LogP contribution < -0.4 is 0 Å². The molecule has 6 heteroatoms. The van der Waals surface area contributed by atoms with Crippen LogP contribution in [0.4, 0.5) is 0 Å². The molecule has 2 heterocycles. The number of thioether (sulfide) groups is 1. The van der Waals surface area contributed by atoms with Crippen LogP contribution in [0.5, 0.6) is 0 Å². The molecule has 0 saturated carbocycles. The smallest absolute Gasteiger partial charge is 0.339 e. The maximum absolute atomic E-state index is 11.3. The maximum Gasteiger partial charge on any atom is 0.339 e. The van der Waals surface area contributed by atoms with Crippen LogP contribution in [0.25, 0.3) is 10.3 Å². The SMILES string of the molecule is COC(=O)c1cnc2nc(SC)sc2c1. The van der Waals surface area contributed by atoms with E-state index in [0.29, 0.717) is 11.2 Å². The van der Waals surface area contributed by atoms with Gasteiger partial charge < -0.3 is 4.74 Å². The van der Waals surface area contributed by atoms with Crippen molar-refractivity contribution in [2.24, 2.45) is 0 Å². The summed E-state index contributed by atoms with van der Waals surface area (Å²) in [7, 11) is 1.35. The molecule has 0 N–H and O–H groups in total. The van der Waals surface area contributed by atoms with Gasteiger partial charge in [-0.15, -0.1) is 11.3 Å². The Kier molecular flexibility index (Phi) is 2.88. The van der Waals surface area contributed by atoms with E-state index in [2.05, 4.69) is 14.7 Å². The second kappa shape index (κ2) is 4.16. The summed E-state index contributed by atoms with van der Waals surface area (Å²) in [4.78, 5) is 19.6. The van der Waals surface area contributed by atoms with E-state index in [0.717, 1.165) is 9.04 Å². The molecule has 0 aliphatic carbocycles. The Balaban J connectivity index is 2.50. The van der Waals surface area contributed by atoms with E-state index in [4.69, 9.17) is 0 Å². The van der Waals surface area contributed by atoms with Crippen LogP contribution in [0.1, 0.15) is 10.4 Å². The van der Waals surface area contributed by atoms with Crippen LogP contribution in [-0.4, -0.2) is 29.3 Å². The van der Waals surface area contributed by atoms with Gasteiger partial charge >= 0.3 is 5.97 Å². The number of carbonyl (C=O) groups is 1. The molecule has 78 valence electrons. The monoisotopic (exact) mass is 240 g/mol. The highest BCUT2D eigenvalue weighted by molar-refractivity contribution is 8.00. The summed E-state index contributed by atoms with van der Waals surface area (Å²) in [6.07, 6.45) is 3.44. The Morgan fingerprint density at radius 1 is 1.60 bits per heavy atom. The van der Waals surface area contributed by atoms with E-state index in [9.17, 15) is 4.79 Å². The molecule has 4 nitrogen and oxygen atoms in total. The number of hydrogen-bond donors (Lipinski definition) is 0. The molecule has 0 bridgehead atoms. The fourth-order valence-electron chi connectivity index (χ4n) is 1.12. The van der Waals surface area contributed by atoms with Crippen LogP contribution in [0.3, 0.4) is 0 Å². The lowest BCUT2D eigenvalue weighted by atomic mass is 10.3. The summed E-state index contributed by atoms with van der Waals surface area (Å²) < 4.78 is 6.47. The first-order valence-corrected chi connectivity index (χ1v) is 6.17. The summed E-state index contributed by atoms with van der Waals surface area (Å²) in [5.41, 5.74) is 1.14. The zero-order valence-corrected chi connectivity index (χ0v) is 9.82. The van der Waals surface area contributed by atoms with Gasteiger partial charge in [0.2, 0.25) is 0 Å². The number of hydrogen-bond acceptors (Lipinski definition) is 6. The summed E-state index contributed by atoms with van der Waals surface area (Å²) in [6.45, 7) is 0. The molecule has 15 heavy (non-hydrogen) atoms. The Bertz CT molecular complexity index is 510. The van der Waals surface area contributed by atoms with E-state index < -0.39 is 0 Å². The van der Waals surface area contributed by atoms with Crippen molar-refractivity contribution >= 4 is 39.4 Å². The van der Waals surface area contributed by atoms with Crippen molar-refractivity contribution in [2.75, 3.05) is 13.4 Å². The first-order chi connectivity index (χ1) is 7.24. The Morgan fingerprint density at radius 2 is 2.40 bits per heavy atom. The predicted octanol–water partition coefficient (Wildman–Crippen LogP) is 2.20. The van der Waals surface area contributed by atoms with E-state index in [-0.39, 0.29) is 5.97 Å². The summed E-state index contributed by atoms with van der Waals surface area (Å²) >= 11 is 3.09. The normalized spacial score (nSPS) is 10.5. The average Bonchev–Trinajstić information content (AvgIpc) is 2.69. The molecule has 2 aromatic rings. The Hall–Kier alpha value is -1.14. The second-order valence-electron chi connectivity index (χ2n) is 2.72. The maximum atomic E-state index is 11.3. The number of esters is 1. The highest BCUT2D eigenvalue weighted by atomic mass is 32.2. The van der Waals surface area contributed by atoms with Gasteiger partial charge in [-0.25, -0.2) is 14.8 Å². The second-order valence-corrected chi connectivity index (χ2v) is 4.81. The summed E-state index contributed by atoms with van der Waals surface area (Å²) in [6, 6.07) is 1.76. The number of carbonyl (C=O) groups excluding carboxylic acids is 1. The number of pyridine rings is 1. The van der Waals surface area contributed by atoms with E-state index in [1.54, 1.807) is 17.8 Å². The topological polar surface area (TPSA) is 52.1 Å². The molecule has 0 amide bonds. The molecule has 0 aromatic carbocycles. The van der Waals surface area contributed by atoms with Crippen LogP contribution >= 0.6 is 23.1 Å². The Morgan fingerprint density at radius 3 is 3.07 bits per heavy atom.